The van der Waals surface area contributed by atoms with Crippen LogP contribution in [0.3, 0.4) is 0 Å². The molecule has 1 N–H and O–H groups in total. The zero-order valence-electron chi connectivity index (χ0n) is 16.1. The van der Waals surface area contributed by atoms with Crippen LogP contribution >= 0.6 is 0 Å². The fourth-order valence-corrected chi connectivity index (χ4v) is 3.72. The average molecular weight is 378 g/mol. The van der Waals surface area contributed by atoms with Gasteiger partial charge in [0.05, 0.1) is 17.8 Å². The lowest BCUT2D eigenvalue weighted by atomic mass is 9.93. The van der Waals surface area contributed by atoms with Crippen molar-refractivity contribution in [2.24, 2.45) is 0 Å². The summed E-state index contributed by atoms with van der Waals surface area (Å²) in [6, 6.07) is 13.3. The molecular weight excluding hydrogens is 356 g/mol. The van der Waals surface area contributed by atoms with Gasteiger partial charge in [0.2, 0.25) is 0 Å². The number of rotatable bonds is 5. The maximum atomic E-state index is 13.2. The molecule has 144 valence electrons. The molecule has 4 rings (SSSR count). The van der Waals surface area contributed by atoms with Crippen LogP contribution in [0.1, 0.15) is 42.3 Å². The Morgan fingerprint density at radius 1 is 1.14 bits per heavy atom. The van der Waals surface area contributed by atoms with Crippen molar-refractivity contribution in [2.75, 3.05) is 6.61 Å². The minimum absolute atomic E-state index is 0.0554. The second kappa shape index (κ2) is 6.67. The number of carbonyl (C=O) groups excluding carboxylic acids is 1. The van der Waals surface area contributed by atoms with Gasteiger partial charge in [0, 0.05) is 12.1 Å². The third-order valence-electron chi connectivity index (χ3n) is 5.19. The highest BCUT2D eigenvalue weighted by molar-refractivity contribution is 6.00. The Morgan fingerprint density at radius 2 is 1.96 bits per heavy atom. The average Bonchev–Trinajstić information content (AvgIpc) is 3.18. The van der Waals surface area contributed by atoms with Gasteiger partial charge in [0.25, 0.3) is 5.91 Å². The number of aromatic amines is 1. The molecule has 0 radical (unpaired) electrons. The van der Waals surface area contributed by atoms with Gasteiger partial charge in [0.15, 0.2) is 0 Å². The quantitative estimate of drug-likeness (QED) is 0.740. The van der Waals surface area contributed by atoms with Gasteiger partial charge in [-0.1, -0.05) is 18.2 Å². The molecular formula is C21H22N4O3. The summed E-state index contributed by atoms with van der Waals surface area (Å²) in [5, 5.41) is 6.12. The Labute approximate surface area is 162 Å². The summed E-state index contributed by atoms with van der Waals surface area (Å²) in [5.41, 5.74) is 2.37. The molecule has 0 bridgehead atoms. The fourth-order valence-electron chi connectivity index (χ4n) is 3.72. The van der Waals surface area contributed by atoms with Crippen molar-refractivity contribution < 1.29 is 9.53 Å². The number of hydrogen-bond acceptors (Lipinski definition) is 4. The van der Waals surface area contributed by atoms with Crippen molar-refractivity contribution >= 4 is 5.91 Å². The summed E-state index contributed by atoms with van der Waals surface area (Å²) in [4.78, 5) is 26.9. The highest BCUT2D eigenvalue weighted by atomic mass is 16.5. The van der Waals surface area contributed by atoms with Crippen molar-refractivity contribution in [3.63, 3.8) is 0 Å². The molecule has 3 aromatic rings. The largest absolute Gasteiger partial charge is 0.494 e. The molecule has 0 fully saturated rings. The molecule has 0 saturated carbocycles. The number of nitrogens with zero attached hydrogens (tertiary/aromatic N) is 3. The zero-order chi connectivity index (χ0) is 19.9. The van der Waals surface area contributed by atoms with E-state index in [1.165, 1.54) is 10.9 Å². The smallest absolute Gasteiger partial charge is 0.347 e. The summed E-state index contributed by atoms with van der Waals surface area (Å²) in [6.07, 6.45) is 1.41. The van der Waals surface area contributed by atoms with Gasteiger partial charge < -0.3 is 9.64 Å². The molecule has 0 spiro atoms. The molecule has 7 heteroatoms. The number of ether oxygens (including phenoxy) is 1. The van der Waals surface area contributed by atoms with Gasteiger partial charge in [-0.25, -0.2) is 14.5 Å². The maximum absolute atomic E-state index is 13.2. The Bertz CT molecular complexity index is 1100. The number of benzene rings is 2. The molecule has 0 saturated heterocycles. The molecule has 2 heterocycles. The van der Waals surface area contributed by atoms with Crippen molar-refractivity contribution in [3.8, 4) is 11.4 Å². The standard InChI is InChI=1S/C21H22N4O3/c1-4-28-16-7-5-6-14(10-16)12-25-19(26)17-11-15(24-13-22-23-20(24)27)8-9-18(17)21(25,2)3/h5-11,13H,4,12H2,1-3H3,(H,23,27). The number of fused-ring (bicyclic) bond motifs is 1. The number of amides is 1. The van der Waals surface area contributed by atoms with Gasteiger partial charge in [-0.05, 0) is 56.2 Å². The first-order valence-corrected chi connectivity index (χ1v) is 9.22. The Morgan fingerprint density at radius 3 is 2.68 bits per heavy atom. The molecule has 1 aliphatic heterocycles. The molecule has 1 aromatic heterocycles. The van der Waals surface area contributed by atoms with Crippen LogP contribution in [0, 0.1) is 0 Å². The van der Waals surface area contributed by atoms with Crippen LogP contribution in [-0.4, -0.2) is 32.2 Å². The summed E-state index contributed by atoms with van der Waals surface area (Å²) in [6.45, 7) is 7.08. The van der Waals surface area contributed by atoms with E-state index in [0.29, 0.717) is 24.4 Å². The Hall–Kier alpha value is -3.35. The lowest BCUT2D eigenvalue weighted by Gasteiger charge is -2.32. The summed E-state index contributed by atoms with van der Waals surface area (Å²) in [7, 11) is 0. The number of nitrogens with one attached hydrogen (secondary N) is 1. The number of carbonyl (C=O) groups is 1. The van der Waals surface area contributed by atoms with Crippen molar-refractivity contribution in [3.05, 3.63) is 76.0 Å². The summed E-state index contributed by atoms with van der Waals surface area (Å²) in [5.74, 6) is 0.740. The lowest BCUT2D eigenvalue weighted by molar-refractivity contribution is 0.0595. The van der Waals surface area contributed by atoms with E-state index in [-0.39, 0.29) is 11.6 Å². The molecule has 0 atom stereocenters. The maximum Gasteiger partial charge on any atom is 0.347 e. The van der Waals surface area contributed by atoms with Gasteiger partial charge in [0.1, 0.15) is 12.1 Å². The first kappa shape index (κ1) is 18.0. The van der Waals surface area contributed by atoms with Crippen LogP contribution in [0.2, 0.25) is 0 Å². The van der Waals surface area contributed by atoms with Crippen LogP contribution in [0.5, 0.6) is 5.75 Å². The Kier molecular flexibility index (Phi) is 4.30. The second-order valence-electron chi connectivity index (χ2n) is 7.29. The monoisotopic (exact) mass is 378 g/mol. The van der Waals surface area contributed by atoms with E-state index in [4.69, 9.17) is 4.74 Å². The van der Waals surface area contributed by atoms with Crippen LogP contribution < -0.4 is 10.4 Å². The van der Waals surface area contributed by atoms with Gasteiger partial charge >= 0.3 is 5.69 Å². The number of aromatic nitrogens is 3. The molecule has 0 unspecified atom stereocenters. The summed E-state index contributed by atoms with van der Waals surface area (Å²) < 4.78 is 6.96. The number of H-pyrrole nitrogens is 1. The zero-order valence-corrected chi connectivity index (χ0v) is 16.1. The first-order valence-electron chi connectivity index (χ1n) is 9.22. The van der Waals surface area contributed by atoms with E-state index in [9.17, 15) is 9.59 Å². The molecule has 7 nitrogen and oxygen atoms in total. The number of hydrogen-bond donors (Lipinski definition) is 1. The van der Waals surface area contributed by atoms with E-state index >= 15 is 0 Å². The predicted octanol–water partition coefficient (Wildman–Crippen LogP) is 2.85. The third-order valence-corrected chi connectivity index (χ3v) is 5.19. The van der Waals surface area contributed by atoms with Gasteiger partial charge in [-0.2, -0.15) is 5.10 Å². The normalized spacial score (nSPS) is 15.0. The van der Waals surface area contributed by atoms with Gasteiger partial charge in [-0.15, -0.1) is 0 Å². The van der Waals surface area contributed by atoms with E-state index in [2.05, 4.69) is 10.2 Å². The van der Waals surface area contributed by atoms with E-state index < -0.39 is 5.54 Å². The third kappa shape index (κ3) is 2.89. The van der Waals surface area contributed by atoms with Crippen molar-refractivity contribution in [1.82, 2.24) is 19.7 Å². The second-order valence-corrected chi connectivity index (χ2v) is 7.29. The topological polar surface area (TPSA) is 80.2 Å². The molecule has 2 aromatic carbocycles. The van der Waals surface area contributed by atoms with E-state index in [1.54, 1.807) is 6.07 Å². The van der Waals surface area contributed by atoms with Crippen LogP contribution in [0.15, 0.2) is 53.6 Å². The van der Waals surface area contributed by atoms with Gasteiger partial charge in [-0.3, -0.25) is 4.79 Å². The van der Waals surface area contributed by atoms with Crippen molar-refractivity contribution in [2.45, 2.75) is 32.9 Å². The van der Waals surface area contributed by atoms with Crippen LogP contribution in [0.4, 0.5) is 0 Å². The van der Waals surface area contributed by atoms with E-state index in [0.717, 1.165) is 16.9 Å². The summed E-state index contributed by atoms with van der Waals surface area (Å²) >= 11 is 0. The fraction of sp³-hybridized carbons (Fsp3) is 0.286. The Balaban J connectivity index is 1.69. The molecule has 0 aliphatic carbocycles. The molecule has 1 amide bonds. The minimum atomic E-state index is -0.464. The minimum Gasteiger partial charge on any atom is -0.494 e. The molecule has 28 heavy (non-hydrogen) atoms. The predicted molar refractivity (Wildman–Crippen MR) is 105 cm³/mol. The highest BCUT2D eigenvalue weighted by Gasteiger charge is 2.42. The highest BCUT2D eigenvalue weighted by Crippen LogP contribution is 2.40. The lowest BCUT2D eigenvalue weighted by Crippen LogP contribution is -2.38. The van der Waals surface area contributed by atoms with E-state index in [1.807, 2.05) is 62.1 Å². The first-order chi connectivity index (χ1) is 13.4. The van der Waals surface area contributed by atoms with Crippen LogP contribution in [0.25, 0.3) is 5.69 Å². The van der Waals surface area contributed by atoms with Crippen molar-refractivity contribution in [1.29, 1.82) is 0 Å². The van der Waals surface area contributed by atoms with Crippen LogP contribution in [-0.2, 0) is 12.1 Å². The SMILES string of the molecule is CCOc1cccc(CN2C(=O)c3cc(-n4cn[nH]c4=O)ccc3C2(C)C)c1. The molecule has 1 aliphatic rings.